The lowest BCUT2D eigenvalue weighted by molar-refractivity contribution is 0.411. The zero-order valence-electron chi connectivity index (χ0n) is 11.3. The molecule has 0 heteroatoms. The van der Waals surface area contributed by atoms with Crippen molar-refractivity contribution in [2.75, 3.05) is 0 Å². The summed E-state index contributed by atoms with van der Waals surface area (Å²) in [5.41, 5.74) is 7.35. The lowest BCUT2D eigenvalue weighted by Gasteiger charge is -2.20. The van der Waals surface area contributed by atoms with Gasteiger partial charge in [0.2, 0.25) is 0 Å². The molecule has 18 heavy (non-hydrogen) atoms. The summed E-state index contributed by atoms with van der Waals surface area (Å²) in [5.74, 6) is 0. The average molecular weight is 235 g/mol. The van der Waals surface area contributed by atoms with Gasteiger partial charge in [-0.15, -0.1) is 0 Å². The van der Waals surface area contributed by atoms with Crippen LogP contribution >= 0.6 is 0 Å². The third kappa shape index (κ3) is 1.96. The van der Waals surface area contributed by atoms with Crippen molar-refractivity contribution in [3.63, 3.8) is 0 Å². The molecule has 2 aromatic carbocycles. The Labute approximate surface area is 110 Å². The third-order valence-electron chi connectivity index (χ3n) is 3.47. The zero-order valence-corrected chi connectivity index (χ0v) is 11.3. The van der Waals surface area contributed by atoms with Crippen molar-refractivity contribution >= 4 is 0 Å². The monoisotopic (exact) mass is 235 g/mol. The molecule has 1 aliphatic rings. The van der Waals surface area contributed by atoms with Crippen LogP contribution in [-0.4, -0.2) is 0 Å². The second-order valence-electron chi connectivity index (χ2n) is 6.35. The largest absolute Gasteiger partial charge is 0.0619 e. The van der Waals surface area contributed by atoms with Crippen molar-refractivity contribution in [2.24, 2.45) is 5.41 Å². The average Bonchev–Trinajstić information content (AvgIpc) is 2.67. The van der Waals surface area contributed by atoms with E-state index in [1.807, 2.05) is 0 Å². The van der Waals surface area contributed by atoms with E-state index in [1.165, 1.54) is 27.8 Å². The molecule has 0 unspecified atom stereocenters. The molecule has 0 saturated carbocycles. The summed E-state index contributed by atoms with van der Waals surface area (Å²) in [6.45, 7) is 6.90. The first-order valence-corrected chi connectivity index (χ1v) is 6.61. The molecular formula is C18H19. The number of fused-ring (bicyclic) bond motifs is 3. The highest BCUT2D eigenvalue weighted by Gasteiger charge is 2.22. The van der Waals surface area contributed by atoms with Gasteiger partial charge in [-0.25, -0.2) is 0 Å². The molecule has 91 valence electrons. The van der Waals surface area contributed by atoms with E-state index < -0.39 is 0 Å². The normalized spacial score (nSPS) is 13.3. The number of benzene rings is 2. The van der Waals surface area contributed by atoms with Crippen molar-refractivity contribution in [1.82, 2.24) is 0 Å². The standard InChI is InChI=1S/C18H19/c1-18(2,3)12-14-8-6-10-16-15-9-5-4-7-13(15)11-17(14)16/h4-11H,12H2,1-3H3. The topological polar surface area (TPSA) is 0 Å². The first-order chi connectivity index (χ1) is 8.54. The molecule has 1 aliphatic carbocycles. The fourth-order valence-electron chi connectivity index (χ4n) is 2.77. The molecule has 0 atom stereocenters. The van der Waals surface area contributed by atoms with Crippen LogP contribution in [0.1, 0.15) is 37.5 Å². The summed E-state index contributed by atoms with van der Waals surface area (Å²) in [6.07, 6.45) is 3.46. The molecule has 0 amide bonds. The van der Waals surface area contributed by atoms with Crippen LogP contribution in [0.15, 0.2) is 42.5 Å². The van der Waals surface area contributed by atoms with Crippen LogP contribution in [0.2, 0.25) is 0 Å². The van der Waals surface area contributed by atoms with Gasteiger partial charge in [0.1, 0.15) is 0 Å². The van der Waals surface area contributed by atoms with Crippen LogP contribution in [0.3, 0.4) is 0 Å². The van der Waals surface area contributed by atoms with Crippen LogP contribution in [-0.2, 0) is 6.42 Å². The molecular weight excluding hydrogens is 216 g/mol. The first kappa shape index (κ1) is 11.5. The van der Waals surface area contributed by atoms with Crippen LogP contribution < -0.4 is 0 Å². The van der Waals surface area contributed by atoms with Gasteiger partial charge in [0, 0.05) is 6.42 Å². The van der Waals surface area contributed by atoms with E-state index in [2.05, 4.69) is 69.7 Å². The summed E-state index contributed by atoms with van der Waals surface area (Å²) in [5, 5.41) is 0. The lowest BCUT2D eigenvalue weighted by atomic mass is 9.85. The molecule has 0 fully saturated rings. The number of hydrogen-bond acceptors (Lipinski definition) is 0. The Morgan fingerprint density at radius 2 is 1.56 bits per heavy atom. The predicted octanol–water partition coefficient (Wildman–Crippen LogP) is 4.86. The highest BCUT2D eigenvalue weighted by Crippen LogP contribution is 2.40. The summed E-state index contributed by atoms with van der Waals surface area (Å²) in [7, 11) is 0. The molecule has 0 bridgehead atoms. The lowest BCUT2D eigenvalue weighted by Crippen LogP contribution is -2.10. The van der Waals surface area contributed by atoms with E-state index in [0.717, 1.165) is 6.42 Å². The van der Waals surface area contributed by atoms with Crippen LogP contribution in [0.5, 0.6) is 0 Å². The Bertz CT molecular complexity index is 585. The summed E-state index contributed by atoms with van der Waals surface area (Å²) in [6, 6.07) is 15.4. The highest BCUT2D eigenvalue weighted by molar-refractivity contribution is 5.82. The van der Waals surface area contributed by atoms with Gasteiger partial charge >= 0.3 is 0 Å². The van der Waals surface area contributed by atoms with E-state index in [9.17, 15) is 0 Å². The molecule has 0 N–H and O–H groups in total. The second-order valence-corrected chi connectivity index (χ2v) is 6.35. The summed E-state index contributed by atoms with van der Waals surface area (Å²) < 4.78 is 0. The molecule has 0 heterocycles. The zero-order chi connectivity index (χ0) is 12.8. The quantitative estimate of drug-likeness (QED) is 0.565. The highest BCUT2D eigenvalue weighted by atomic mass is 14.3. The Hall–Kier alpha value is -1.56. The summed E-state index contributed by atoms with van der Waals surface area (Å²) in [4.78, 5) is 0. The minimum absolute atomic E-state index is 0.331. The van der Waals surface area contributed by atoms with Gasteiger partial charge in [0.15, 0.2) is 0 Å². The smallest absolute Gasteiger partial charge is 0.0214 e. The van der Waals surface area contributed by atoms with Gasteiger partial charge in [-0.1, -0.05) is 63.2 Å². The number of hydrogen-bond donors (Lipinski definition) is 0. The fraction of sp³-hybridized carbons (Fsp3) is 0.278. The van der Waals surface area contributed by atoms with Gasteiger partial charge in [0.25, 0.3) is 0 Å². The van der Waals surface area contributed by atoms with E-state index >= 15 is 0 Å². The van der Waals surface area contributed by atoms with Gasteiger partial charge in [-0.05, 0) is 39.7 Å². The van der Waals surface area contributed by atoms with Crippen LogP contribution in [0, 0.1) is 11.8 Å². The number of rotatable bonds is 1. The van der Waals surface area contributed by atoms with E-state index in [-0.39, 0.29) is 0 Å². The molecule has 0 aromatic heterocycles. The van der Waals surface area contributed by atoms with Gasteiger partial charge in [0.05, 0.1) is 0 Å². The van der Waals surface area contributed by atoms with E-state index in [0.29, 0.717) is 5.41 Å². The van der Waals surface area contributed by atoms with Gasteiger partial charge < -0.3 is 0 Å². The van der Waals surface area contributed by atoms with Crippen molar-refractivity contribution in [3.05, 3.63) is 65.6 Å². The molecule has 0 nitrogen and oxygen atoms in total. The second kappa shape index (κ2) is 3.98. The summed E-state index contributed by atoms with van der Waals surface area (Å²) >= 11 is 0. The van der Waals surface area contributed by atoms with Crippen LogP contribution in [0.25, 0.3) is 11.1 Å². The minimum Gasteiger partial charge on any atom is -0.0619 e. The van der Waals surface area contributed by atoms with Gasteiger partial charge in [-0.2, -0.15) is 0 Å². The van der Waals surface area contributed by atoms with Crippen molar-refractivity contribution in [3.8, 4) is 11.1 Å². The van der Waals surface area contributed by atoms with Crippen molar-refractivity contribution in [1.29, 1.82) is 0 Å². The SMILES string of the molecule is CC(C)(C)Cc1cccc2c1[CH]c1ccccc1-2. The first-order valence-electron chi connectivity index (χ1n) is 6.61. The molecule has 2 aromatic rings. The third-order valence-corrected chi connectivity index (χ3v) is 3.47. The van der Waals surface area contributed by atoms with Gasteiger partial charge in [-0.3, -0.25) is 0 Å². The Morgan fingerprint density at radius 3 is 2.33 bits per heavy atom. The Balaban J connectivity index is 2.09. The fourth-order valence-corrected chi connectivity index (χ4v) is 2.77. The molecule has 0 aliphatic heterocycles. The molecule has 1 radical (unpaired) electrons. The molecule has 0 saturated heterocycles. The molecule has 0 spiro atoms. The Kier molecular flexibility index (Phi) is 2.55. The Morgan fingerprint density at radius 1 is 0.833 bits per heavy atom. The minimum atomic E-state index is 0.331. The predicted molar refractivity (Wildman–Crippen MR) is 77.5 cm³/mol. The maximum absolute atomic E-state index is 2.34. The van der Waals surface area contributed by atoms with Crippen molar-refractivity contribution < 1.29 is 0 Å². The van der Waals surface area contributed by atoms with E-state index in [4.69, 9.17) is 0 Å². The maximum Gasteiger partial charge on any atom is 0.0214 e. The van der Waals surface area contributed by atoms with Crippen molar-refractivity contribution in [2.45, 2.75) is 27.2 Å². The maximum atomic E-state index is 2.34. The molecule has 3 rings (SSSR count). The van der Waals surface area contributed by atoms with Crippen LogP contribution in [0.4, 0.5) is 0 Å². The van der Waals surface area contributed by atoms with E-state index in [1.54, 1.807) is 0 Å².